The second-order valence-corrected chi connectivity index (χ2v) is 7.07. The van der Waals surface area contributed by atoms with Gasteiger partial charge in [0.2, 0.25) is 10.0 Å². The first kappa shape index (κ1) is 17.7. The van der Waals surface area contributed by atoms with Crippen LogP contribution in [0.4, 0.5) is 0 Å². The van der Waals surface area contributed by atoms with Gasteiger partial charge in [-0.3, -0.25) is 0 Å². The molecule has 0 bridgehead atoms. The Hall–Kier alpha value is -1.38. The summed E-state index contributed by atoms with van der Waals surface area (Å²) >= 11 is 0. The van der Waals surface area contributed by atoms with Crippen LogP contribution in [0.2, 0.25) is 0 Å². The van der Waals surface area contributed by atoms with Crippen LogP contribution in [-0.4, -0.2) is 14.5 Å². The van der Waals surface area contributed by atoms with Crippen molar-refractivity contribution in [2.24, 2.45) is 0 Å². The lowest BCUT2D eigenvalue weighted by molar-refractivity contribution is 0.483. The van der Waals surface area contributed by atoms with Gasteiger partial charge in [-0.25, -0.2) is 13.1 Å². The van der Waals surface area contributed by atoms with Crippen molar-refractivity contribution in [3.63, 3.8) is 0 Å². The molecule has 0 saturated carbocycles. The molecule has 0 spiro atoms. The van der Waals surface area contributed by atoms with E-state index in [0.717, 1.165) is 32.1 Å². The van der Waals surface area contributed by atoms with Crippen molar-refractivity contribution >= 4 is 10.0 Å². The summed E-state index contributed by atoms with van der Waals surface area (Å²) in [4.78, 5) is 0. The van der Waals surface area contributed by atoms with Crippen molar-refractivity contribution in [3.8, 4) is 6.07 Å². The molecule has 1 unspecified atom stereocenters. The molecule has 21 heavy (non-hydrogen) atoms. The van der Waals surface area contributed by atoms with E-state index in [9.17, 15) is 8.42 Å². The summed E-state index contributed by atoms with van der Waals surface area (Å²) in [6.07, 6.45) is 4.82. The number of unbranched alkanes of at least 4 members (excludes halogenated alkanes) is 1. The fourth-order valence-corrected chi connectivity index (χ4v) is 3.71. The molecule has 4 nitrogen and oxygen atoms in total. The molecule has 1 aromatic carbocycles. The summed E-state index contributed by atoms with van der Waals surface area (Å²) in [5.74, 6) is -0.0367. The van der Waals surface area contributed by atoms with Gasteiger partial charge < -0.3 is 0 Å². The highest BCUT2D eigenvalue weighted by molar-refractivity contribution is 7.88. The first-order valence-corrected chi connectivity index (χ1v) is 9.15. The average molecular weight is 308 g/mol. The van der Waals surface area contributed by atoms with Crippen molar-refractivity contribution in [3.05, 3.63) is 35.4 Å². The number of nitrogens with zero attached hydrogens (tertiary/aromatic N) is 1. The highest BCUT2D eigenvalue weighted by Crippen LogP contribution is 2.12. The Balaban J connectivity index is 2.67. The van der Waals surface area contributed by atoms with E-state index in [1.54, 1.807) is 24.3 Å². The lowest BCUT2D eigenvalue weighted by atomic mass is 10.1. The van der Waals surface area contributed by atoms with Gasteiger partial charge in [0.05, 0.1) is 17.4 Å². The molecule has 0 aliphatic heterocycles. The first-order chi connectivity index (χ1) is 10.0. The van der Waals surface area contributed by atoms with E-state index in [0.29, 0.717) is 11.1 Å². The van der Waals surface area contributed by atoms with Crippen LogP contribution in [0.3, 0.4) is 0 Å². The van der Waals surface area contributed by atoms with Gasteiger partial charge in [-0.1, -0.05) is 45.2 Å². The summed E-state index contributed by atoms with van der Waals surface area (Å²) < 4.78 is 27.3. The second kappa shape index (κ2) is 8.81. The zero-order valence-electron chi connectivity index (χ0n) is 12.8. The number of nitriles is 1. The molecule has 1 aromatic rings. The molecular formula is C16H24N2O2S. The van der Waals surface area contributed by atoms with E-state index in [1.165, 1.54) is 0 Å². The molecule has 0 aromatic heterocycles. The highest BCUT2D eigenvalue weighted by atomic mass is 32.2. The lowest BCUT2D eigenvalue weighted by Gasteiger charge is -2.18. The zero-order valence-corrected chi connectivity index (χ0v) is 13.6. The van der Waals surface area contributed by atoms with Gasteiger partial charge in [0.15, 0.2) is 0 Å². The molecule has 0 aliphatic carbocycles. The third-order valence-electron chi connectivity index (χ3n) is 3.33. The average Bonchev–Trinajstić information content (AvgIpc) is 2.45. The quantitative estimate of drug-likeness (QED) is 0.760. The molecule has 0 radical (unpaired) electrons. The molecule has 5 heteroatoms. The van der Waals surface area contributed by atoms with Crippen LogP contribution >= 0.6 is 0 Å². The summed E-state index contributed by atoms with van der Waals surface area (Å²) in [6, 6.07) is 8.73. The predicted octanol–water partition coefficient (Wildman–Crippen LogP) is 3.34. The molecular weight excluding hydrogens is 284 g/mol. The molecule has 1 N–H and O–H groups in total. The maximum Gasteiger partial charge on any atom is 0.216 e. The van der Waals surface area contributed by atoms with E-state index in [1.807, 2.05) is 6.07 Å². The Labute approximate surface area is 128 Å². The normalized spacial score (nSPS) is 12.8. The Morgan fingerprint density at radius 3 is 2.33 bits per heavy atom. The third-order valence-corrected chi connectivity index (χ3v) is 4.74. The summed E-state index contributed by atoms with van der Waals surface area (Å²) in [6.45, 7) is 4.17. The Kier molecular flexibility index (Phi) is 7.41. The minimum atomic E-state index is -3.34. The maximum absolute atomic E-state index is 12.2. The molecule has 0 fully saturated rings. The largest absolute Gasteiger partial charge is 0.216 e. The van der Waals surface area contributed by atoms with Crippen LogP contribution in [-0.2, 0) is 15.8 Å². The van der Waals surface area contributed by atoms with Crippen LogP contribution in [0.1, 0.15) is 57.1 Å². The second-order valence-electron chi connectivity index (χ2n) is 5.31. The van der Waals surface area contributed by atoms with Crippen LogP contribution in [0.5, 0.6) is 0 Å². The molecule has 116 valence electrons. The highest BCUT2D eigenvalue weighted by Gasteiger charge is 2.17. The number of nitrogens with one attached hydrogen (secondary N) is 1. The molecule has 1 rings (SSSR count). The Morgan fingerprint density at radius 1 is 1.14 bits per heavy atom. The summed E-state index contributed by atoms with van der Waals surface area (Å²) in [7, 11) is -3.34. The topological polar surface area (TPSA) is 70.0 Å². The van der Waals surface area contributed by atoms with Crippen molar-refractivity contribution in [2.75, 3.05) is 0 Å². The smallest absolute Gasteiger partial charge is 0.212 e. The number of rotatable bonds is 9. The zero-order chi connectivity index (χ0) is 15.7. The maximum atomic E-state index is 12.2. The molecule has 0 heterocycles. The van der Waals surface area contributed by atoms with Crippen LogP contribution in [0, 0.1) is 11.3 Å². The van der Waals surface area contributed by atoms with E-state index in [4.69, 9.17) is 5.26 Å². The number of benzene rings is 1. The van der Waals surface area contributed by atoms with Gasteiger partial charge in [-0.15, -0.1) is 0 Å². The van der Waals surface area contributed by atoms with E-state index < -0.39 is 10.0 Å². The van der Waals surface area contributed by atoms with Gasteiger partial charge >= 0.3 is 0 Å². The fourth-order valence-electron chi connectivity index (χ4n) is 2.25. The third kappa shape index (κ3) is 6.74. The summed E-state index contributed by atoms with van der Waals surface area (Å²) in [5.41, 5.74) is 1.24. The number of hydrogen-bond acceptors (Lipinski definition) is 3. The minimum absolute atomic E-state index is 0.0262. The van der Waals surface area contributed by atoms with Gasteiger partial charge in [-0.05, 0) is 30.5 Å². The van der Waals surface area contributed by atoms with E-state index in [2.05, 4.69) is 18.6 Å². The van der Waals surface area contributed by atoms with Gasteiger partial charge in [0.1, 0.15) is 0 Å². The minimum Gasteiger partial charge on any atom is -0.212 e. The van der Waals surface area contributed by atoms with Crippen molar-refractivity contribution in [2.45, 2.75) is 57.7 Å². The van der Waals surface area contributed by atoms with Crippen LogP contribution in [0.25, 0.3) is 0 Å². The predicted molar refractivity (Wildman–Crippen MR) is 85.1 cm³/mol. The summed E-state index contributed by atoms with van der Waals surface area (Å²) in [5, 5.41) is 8.74. The van der Waals surface area contributed by atoms with E-state index in [-0.39, 0.29) is 11.8 Å². The van der Waals surface area contributed by atoms with Gasteiger partial charge in [-0.2, -0.15) is 5.26 Å². The molecule has 1 atom stereocenters. The standard InChI is InChI=1S/C16H24N2O2S/c1-3-5-7-16(6-4-2)18-21(19,20)13-15-10-8-14(12-17)9-11-15/h8-11,16,18H,3-7,13H2,1-2H3. The number of hydrogen-bond donors (Lipinski definition) is 1. The van der Waals surface area contributed by atoms with Crippen molar-refractivity contribution in [1.29, 1.82) is 5.26 Å². The number of sulfonamides is 1. The molecule has 0 amide bonds. The van der Waals surface area contributed by atoms with Gasteiger partial charge in [0, 0.05) is 6.04 Å². The van der Waals surface area contributed by atoms with Gasteiger partial charge in [0.25, 0.3) is 0 Å². The molecule has 0 saturated heterocycles. The monoisotopic (exact) mass is 308 g/mol. The molecule has 0 aliphatic rings. The van der Waals surface area contributed by atoms with Crippen LogP contribution < -0.4 is 4.72 Å². The van der Waals surface area contributed by atoms with Crippen molar-refractivity contribution in [1.82, 2.24) is 4.72 Å². The fraction of sp³-hybridized carbons (Fsp3) is 0.562. The van der Waals surface area contributed by atoms with Crippen LogP contribution in [0.15, 0.2) is 24.3 Å². The Bertz CT molecular complexity index is 559. The SMILES string of the molecule is CCCCC(CCC)NS(=O)(=O)Cc1ccc(C#N)cc1. The lowest BCUT2D eigenvalue weighted by Crippen LogP contribution is -2.35. The van der Waals surface area contributed by atoms with Crippen molar-refractivity contribution < 1.29 is 8.42 Å². The first-order valence-electron chi connectivity index (χ1n) is 7.49. The Morgan fingerprint density at radius 2 is 1.81 bits per heavy atom. The van der Waals surface area contributed by atoms with E-state index >= 15 is 0 Å².